The van der Waals surface area contributed by atoms with Gasteiger partial charge in [0.25, 0.3) is 0 Å². The van der Waals surface area contributed by atoms with E-state index in [-0.39, 0.29) is 5.78 Å². The third-order valence-corrected chi connectivity index (χ3v) is 2.74. The molecule has 0 spiro atoms. The van der Waals surface area contributed by atoms with Gasteiger partial charge in [-0.25, -0.2) is 0 Å². The van der Waals surface area contributed by atoms with Gasteiger partial charge in [0.15, 0.2) is 0 Å². The monoisotopic (exact) mass is 278 g/mol. The number of benzene rings is 1. The van der Waals surface area contributed by atoms with Gasteiger partial charge in [0.2, 0.25) is 0 Å². The van der Waals surface area contributed by atoms with Crippen molar-refractivity contribution in [1.29, 1.82) is 0 Å². The second-order valence-corrected chi connectivity index (χ2v) is 4.52. The van der Waals surface area contributed by atoms with Crippen LogP contribution in [0.5, 0.6) is 0 Å². The lowest BCUT2D eigenvalue weighted by atomic mass is 10.1. The van der Waals surface area contributed by atoms with Crippen molar-refractivity contribution in [2.45, 2.75) is 12.8 Å². The normalized spacial score (nSPS) is 10.3. The van der Waals surface area contributed by atoms with Gasteiger partial charge in [-0.3, -0.25) is 4.79 Å². The van der Waals surface area contributed by atoms with Crippen LogP contribution in [-0.4, -0.2) is 5.78 Å². The Balaban J connectivity index is 1.97. The van der Waals surface area contributed by atoms with Crippen molar-refractivity contribution < 1.29 is 9.21 Å². The molecule has 1 heterocycles. The van der Waals surface area contributed by atoms with E-state index in [0.29, 0.717) is 12.8 Å². The van der Waals surface area contributed by atoms with E-state index in [2.05, 4.69) is 15.9 Å². The second kappa shape index (κ2) is 5.12. The molecule has 0 aliphatic carbocycles. The molecule has 0 radical (unpaired) electrons. The average Bonchev–Trinajstić information content (AvgIpc) is 2.70. The lowest BCUT2D eigenvalue weighted by Gasteiger charge is -2.00. The molecule has 0 amide bonds. The Morgan fingerprint density at radius 2 is 2.06 bits per heavy atom. The van der Waals surface area contributed by atoms with Crippen LogP contribution in [0.2, 0.25) is 0 Å². The molecular formula is C13H11BrO2. The van der Waals surface area contributed by atoms with E-state index < -0.39 is 0 Å². The molecule has 0 N–H and O–H groups in total. The Kier molecular flexibility index (Phi) is 3.57. The Bertz CT molecular complexity index is 474. The third kappa shape index (κ3) is 3.07. The summed E-state index contributed by atoms with van der Waals surface area (Å²) in [5, 5.41) is 0. The van der Waals surface area contributed by atoms with Crippen LogP contribution in [0.3, 0.4) is 0 Å². The number of ketones is 1. The summed E-state index contributed by atoms with van der Waals surface area (Å²) in [7, 11) is 0. The van der Waals surface area contributed by atoms with E-state index >= 15 is 0 Å². The first-order chi connectivity index (χ1) is 7.74. The topological polar surface area (TPSA) is 30.2 Å². The van der Waals surface area contributed by atoms with Gasteiger partial charge >= 0.3 is 0 Å². The summed E-state index contributed by atoms with van der Waals surface area (Å²) in [4.78, 5) is 11.7. The lowest BCUT2D eigenvalue weighted by molar-refractivity contribution is -0.118. The molecule has 0 fully saturated rings. The highest BCUT2D eigenvalue weighted by Gasteiger charge is 2.07. The van der Waals surface area contributed by atoms with Crippen molar-refractivity contribution in [2.75, 3.05) is 0 Å². The summed E-state index contributed by atoms with van der Waals surface area (Å²) in [6.45, 7) is 0. The van der Waals surface area contributed by atoms with E-state index in [1.165, 1.54) is 0 Å². The van der Waals surface area contributed by atoms with Crippen LogP contribution >= 0.6 is 15.9 Å². The SMILES string of the molecule is O=C(Cc1cccc(Br)c1)Cc1ccco1. The molecule has 2 aromatic rings. The predicted octanol–water partition coefficient (Wildman–Crippen LogP) is 3.40. The zero-order valence-electron chi connectivity index (χ0n) is 8.65. The molecule has 0 aliphatic rings. The Hall–Kier alpha value is -1.35. The maximum Gasteiger partial charge on any atom is 0.144 e. The van der Waals surface area contributed by atoms with Gasteiger partial charge in [-0.2, -0.15) is 0 Å². The average molecular weight is 279 g/mol. The van der Waals surface area contributed by atoms with E-state index in [0.717, 1.165) is 15.8 Å². The zero-order valence-corrected chi connectivity index (χ0v) is 10.2. The molecular weight excluding hydrogens is 268 g/mol. The number of carbonyl (C=O) groups excluding carboxylic acids is 1. The van der Waals surface area contributed by atoms with Gasteiger partial charge in [-0.05, 0) is 29.8 Å². The number of carbonyl (C=O) groups is 1. The van der Waals surface area contributed by atoms with E-state index in [1.54, 1.807) is 12.3 Å². The zero-order chi connectivity index (χ0) is 11.4. The minimum absolute atomic E-state index is 0.160. The van der Waals surface area contributed by atoms with Gasteiger partial charge in [0, 0.05) is 10.9 Å². The first kappa shape index (κ1) is 11.1. The Morgan fingerprint density at radius 3 is 2.75 bits per heavy atom. The smallest absolute Gasteiger partial charge is 0.144 e. The number of hydrogen-bond acceptors (Lipinski definition) is 2. The predicted molar refractivity (Wildman–Crippen MR) is 65.3 cm³/mol. The quantitative estimate of drug-likeness (QED) is 0.858. The molecule has 0 saturated heterocycles. The second-order valence-electron chi connectivity index (χ2n) is 3.60. The Morgan fingerprint density at radius 1 is 1.19 bits per heavy atom. The van der Waals surface area contributed by atoms with Crippen LogP contribution in [0.25, 0.3) is 0 Å². The molecule has 3 heteroatoms. The highest BCUT2D eigenvalue weighted by Crippen LogP contribution is 2.13. The first-order valence-electron chi connectivity index (χ1n) is 5.02. The van der Waals surface area contributed by atoms with Crippen LogP contribution in [0.4, 0.5) is 0 Å². The molecule has 0 aliphatic heterocycles. The maximum absolute atomic E-state index is 11.7. The van der Waals surface area contributed by atoms with Crippen molar-refractivity contribution >= 4 is 21.7 Å². The highest BCUT2D eigenvalue weighted by atomic mass is 79.9. The number of rotatable bonds is 4. The minimum atomic E-state index is 0.160. The van der Waals surface area contributed by atoms with E-state index in [4.69, 9.17) is 4.42 Å². The Labute approximate surface area is 102 Å². The molecule has 0 atom stereocenters. The third-order valence-electron chi connectivity index (χ3n) is 2.24. The van der Waals surface area contributed by atoms with Crippen molar-refractivity contribution in [3.8, 4) is 0 Å². The van der Waals surface area contributed by atoms with Crippen LogP contribution < -0.4 is 0 Å². The van der Waals surface area contributed by atoms with Gasteiger partial charge in [-0.1, -0.05) is 28.1 Å². The standard InChI is InChI=1S/C13H11BrO2/c14-11-4-1-3-10(7-11)8-12(15)9-13-5-2-6-16-13/h1-7H,8-9H2. The van der Waals surface area contributed by atoms with E-state index in [1.807, 2.05) is 30.3 Å². The van der Waals surface area contributed by atoms with Gasteiger partial charge in [-0.15, -0.1) is 0 Å². The summed E-state index contributed by atoms with van der Waals surface area (Å²) in [6, 6.07) is 11.4. The summed E-state index contributed by atoms with van der Waals surface area (Å²) in [5.74, 6) is 0.882. The van der Waals surface area contributed by atoms with Gasteiger partial charge in [0.05, 0.1) is 12.7 Å². The summed E-state index contributed by atoms with van der Waals surface area (Å²) >= 11 is 3.38. The van der Waals surface area contributed by atoms with Crippen molar-refractivity contribution in [1.82, 2.24) is 0 Å². The van der Waals surface area contributed by atoms with Crippen molar-refractivity contribution in [2.24, 2.45) is 0 Å². The number of furan rings is 1. The summed E-state index contributed by atoms with van der Waals surface area (Å²) < 4.78 is 6.13. The van der Waals surface area contributed by atoms with Crippen molar-refractivity contribution in [3.05, 3.63) is 58.5 Å². The van der Waals surface area contributed by atoms with Crippen LogP contribution in [-0.2, 0) is 17.6 Å². The number of Topliss-reactive ketones (excluding diaryl/α,β-unsaturated/α-hetero) is 1. The van der Waals surface area contributed by atoms with Crippen LogP contribution in [0.1, 0.15) is 11.3 Å². The van der Waals surface area contributed by atoms with Crippen LogP contribution in [0, 0.1) is 0 Å². The molecule has 0 saturated carbocycles. The first-order valence-corrected chi connectivity index (χ1v) is 5.82. The molecule has 1 aromatic carbocycles. The lowest BCUT2D eigenvalue weighted by Crippen LogP contribution is -2.05. The van der Waals surface area contributed by atoms with E-state index in [9.17, 15) is 4.79 Å². The van der Waals surface area contributed by atoms with Crippen molar-refractivity contribution in [3.63, 3.8) is 0 Å². The maximum atomic E-state index is 11.7. The van der Waals surface area contributed by atoms with Crippen LogP contribution in [0.15, 0.2) is 51.6 Å². The largest absolute Gasteiger partial charge is 0.469 e. The fraction of sp³-hybridized carbons (Fsp3) is 0.154. The molecule has 2 nitrogen and oxygen atoms in total. The fourth-order valence-corrected chi connectivity index (χ4v) is 1.99. The van der Waals surface area contributed by atoms with Gasteiger partial charge in [0.1, 0.15) is 11.5 Å². The molecule has 82 valence electrons. The molecule has 0 unspecified atom stereocenters. The molecule has 1 aromatic heterocycles. The molecule has 16 heavy (non-hydrogen) atoms. The summed E-state index contributed by atoms with van der Waals surface area (Å²) in [5.41, 5.74) is 1.02. The summed E-state index contributed by atoms with van der Waals surface area (Å²) in [6.07, 6.45) is 2.39. The molecule has 2 rings (SSSR count). The minimum Gasteiger partial charge on any atom is -0.469 e. The number of hydrogen-bond donors (Lipinski definition) is 0. The molecule has 0 bridgehead atoms. The highest BCUT2D eigenvalue weighted by molar-refractivity contribution is 9.10. The number of halogens is 1. The fourth-order valence-electron chi connectivity index (χ4n) is 1.54. The van der Waals surface area contributed by atoms with Gasteiger partial charge < -0.3 is 4.42 Å².